The van der Waals surface area contributed by atoms with Gasteiger partial charge in [-0.15, -0.1) is 0 Å². The Balaban J connectivity index is 0.000000138. The third-order valence-corrected chi connectivity index (χ3v) is 8.07. The number of benzene rings is 2. The van der Waals surface area contributed by atoms with E-state index in [1.807, 2.05) is 18.2 Å². The molecule has 6 aromatic heterocycles. The number of thiol groups is 1. The summed E-state index contributed by atoms with van der Waals surface area (Å²) in [4.78, 5) is 25.7. The van der Waals surface area contributed by atoms with Crippen molar-refractivity contribution in [2.45, 2.75) is 0 Å². The third-order valence-electron chi connectivity index (χ3n) is 5.59. The van der Waals surface area contributed by atoms with E-state index >= 15 is 0 Å². The molecule has 0 spiro atoms. The molecule has 6 heterocycles. The number of hydrogen-bond acceptors (Lipinski definition) is 14. The zero-order valence-electron chi connectivity index (χ0n) is 21.1. The fourth-order valence-electron chi connectivity index (χ4n) is 3.89. The second-order valence-corrected chi connectivity index (χ2v) is 11.3. The van der Waals surface area contributed by atoms with E-state index in [4.69, 9.17) is 0 Å². The molecular weight excluding hydrogens is 657 g/mol. The van der Waals surface area contributed by atoms with Gasteiger partial charge in [-0.3, -0.25) is 10.2 Å². The van der Waals surface area contributed by atoms with Gasteiger partial charge in [-0.1, -0.05) is 22.7 Å². The zero-order valence-corrected chi connectivity index (χ0v) is 25.2. The van der Waals surface area contributed by atoms with Crippen molar-refractivity contribution in [3.05, 3.63) is 72.0 Å². The normalized spacial score (nSPS) is 10.7. The van der Waals surface area contributed by atoms with Gasteiger partial charge in [0.15, 0.2) is 10.3 Å². The molecule has 0 aliphatic carbocycles. The van der Waals surface area contributed by atoms with E-state index in [0.717, 1.165) is 57.0 Å². The van der Waals surface area contributed by atoms with Gasteiger partial charge in [0.05, 0.1) is 43.9 Å². The summed E-state index contributed by atoms with van der Waals surface area (Å²) in [6.45, 7) is 0. The molecule has 18 heteroatoms. The van der Waals surface area contributed by atoms with Gasteiger partial charge in [0.1, 0.15) is 0 Å². The fraction of sp³-hybridized carbons (Fsp3) is 0. The van der Waals surface area contributed by atoms with Crippen LogP contribution in [0, 0.1) is 0 Å². The Hall–Kier alpha value is -4.39. The Morgan fingerprint density at radius 2 is 1.33 bits per heavy atom. The van der Waals surface area contributed by atoms with Gasteiger partial charge in [0.2, 0.25) is 11.9 Å². The molecule has 0 unspecified atom stereocenters. The molecule has 13 nitrogen and oxygen atoms in total. The molecule has 1 radical (unpaired) electrons. The topological polar surface area (TPSA) is 171 Å². The number of thiazole rings is 2. The standard InChI is InChI=1S/C12H7BrN6S.C12H8N6S.BHNS/c13-7-4-8-10(6-5-16-19-9(6)7)17-12(20-8)18-11-14-2-1-3-15-11;1-4-13-11(14-5-1)17-12-16-10-7-6-15-18-8(7)2-3-9(10)19-12;1-2-3/h1-5H,(H,16,19)(H,14,15,17,18);1-6H,(H,15,18)(H,13,14,16,17);3H. The van der Waals surface area contributed by atoms with Crippen LogP contribution in [0.5, 0.6) is 0 Å². The van der Waals surface area contributed by atoms with Crippen LogP contribution in [0.15, 0.2) is 76.3 Å². The molecule has 0 amide bonds. The maximum atomic E-state index is 4.60. The van der Waals surface area contributed by atoms with E-state index in [-0.39, 0.29) is 0 Å². The zero-order chi connectivity index (χ0) is 28.9. The minimum absolute atomic E-state index is 0.536. The van der Waals surface area contributed by atoms with Crippen molar-refractivity contribution in [3.8, 4) is 0 Å². The smallest absolute Gasteiger partial charge is 0.228 e. The molecule has 0 aliphatic rings. The Morgan fingerprint density at radius 1 is 0.786 bits per heavy atom. The molecule has 205 valence electrons. The molecule has 42 heavy (non-hydrogen) atoms. The third kappa shape index (κ3) is 5.96. The second kappa shape index (κ2) is 12.6. The minimum Gasteiger partial charge on any atom is -0.300 e. The van der Waals surface area contributed by atoms with Crippen LogP contribution in [-0.4, -0.2) is 57.9 Å². The van der Waals surface area contributed by atoms with Gasteiger partial charge in [-0.2, -0.15) is 10.2 Å². The molecule has 0 saturated heterocycles. The van der Waals surface area contributed by atoms with Crippen LogP contribution in [0.2, 0.25) is 0 Å². The summed E-state index contributed by atoms with van der Waals surface area (Å²) < 4.78 is 5.85. The molecule has 0 atom stereocenters. The predicted octanol–water partition coefficient (Wildman–Crippen LogP) is 6.36. The number of nitrogens with zero attached hydrogens (tertiary/aromatic N) is 9. The van der Waals surface area contributed by atoms with Gasteiger partial charge in [-0.25, -0.2) is 29.9 Å². The van der Waals surface area contributed by atoms with E-state index in [0.29, 0.717) is 11.9 Å². The first kappa shape index (κ1) is 27.8. The Bertz CT molecular complexity index is 2110. The number of H-pyrrole nitrogens is 2. The number of hydrogen-bond donors (Lipinski definition) is 5. The van der Waals surface area contributed by atoms with Gasteiger partial charge < -0.3 is 10.6 Å². The van der Waals surface area contributed by atoms with Crippen molar-refractivity contribution < 1.29 is 0 Å². The van der Waals surface area contributed by atoms with Gasteiger partial charge in [0.25, 0.3) is 0 Å². The average molecular weight is 673 g/mol. The van der Waals surface area contributed by atoms with Crippen LogP contribution in [0.1, 0.15) is 0 Å². The van der Waals surface area contributed by atoms with Crippen LogP contribution < -0.4 is 10.6 Å². The number of aromatic amines is 2. The first-order valence-electron chi connectivity index (χ1n) is 11.9. The van der Waals surface area contributed by atoms with Gasteiger partial charge in [-0.05, 0) is 46.3 Å². The summed E-state index contributed by atoms with van der Waals surface area (Å²) in [5.74, 6) is 1.08. The summed E-state index contributed by atoms with van der Waals surface area (Å²) in [6.07, 6.45) is 10.3. The maximum Gasteiger partial charge on any atom is 0.228 e. The van der Waals surface area contributed by atoms with Crippen molar-refractivity contribution >= 4 is 123 Å². The molecule has 8 rings (SSSR count). The Morgan fingerprint density at radius 3 is 1.98 bits per heavy atom. The molecule has 0 saturated carbocycles. The number of nitrogens with one attached hydrogen (secondary N) is 4. The van der Waals surface area contributed by atoms with E-state index < -0.39 is 0 Å². The van der Waals surface area contributed by atoms with Crippen LogP contribution in [0.4, 0.5) is 22.2 Å². The Labute approximate surface area is 259 Å². The van der Waals surface area contributed by atoms with Crippen molar-refractivity contribution in [1.82, 2.24) is 50.3 Å². The minimum atomic E-state index is 0.536. The second-order valence-electron chi connectivity index (χ2n) is 8.16. The number of aromatic nitrogens is 10. The quantitative estimate of drug-likeness (QED) is 0.105. The number of fused-ring (bicyclic) bond motifs is 6. The Kier molecular flexibility index (Phi) is 8.36. The fourth-order valence-corrected chi connectivity index (χ4v) is 6.37. The summed E-state index contributed by atoms with van der Waals surface area (Å²) in [7, 11) is 4.34. The van der Waals surface area contributed by atoms with Crippen molar-refractivity contribution in [2.24, 2.45) is 4.30 Å². The van der Waals surface area contributed by atoms with Crippen LogP contribution in [-0.2, 0) is 0 Å². The SMILES string of the molecule is Brc1cc2sc(Nc3ncccn3)nc2c2cn[nH]c12.[B]=NS.c1cnc(Nc2nc3c(ccc4[nH]ncc43)s2)nc1. The first-order valence-corrected chi connectivity index (χ1v) is 14.7. The molecule has 8 aromatic rings. The largest absolute Gasteiger partial charge is 0.300 e. The van der Waals surface area contributed by atoms with E-state index in [2.05, 4.69) is 102 Å². The van der Waals surface area contributed by atoms with E-state index in [1.54, 1.807) is 72.0 Å². The molecule has 0 fully saturated rings. The van der Waals surface area contributed by atoms with E-state index in [1.165, 1.54) is 0 Å². The van der Waals surface area contributed by atoms with Gasteiger partial charge in [0, 0.05) is 40.0 Å². The molecule has 0 aliphatic heterocycles. The molecular formula is C24H16BBrN13S3. The van der Waals surface area contributed by atoms with Crippen molar-refractivity contribution in [3.63, 3.8) is 0 Å². The maximum absolute atomic E-state index is 4.60. The molecule has 2 aromatic carbocycles. The average Bonchev–Trinajstić information content (AvgIpc) is 3.80. The van der Waals surface area contributed by atoms with Gasteiger partial charge >= 0.3 is 24.8 Å². The molecule has 4 N–H and O–H groups in total. The summed E-state index contributed by atoms with van der Waals surface area (Å²) >= 11 is 9.84. The number of halogens is 1. The number of rotatable bonds is 4. The number of anilines is 4. The van der Waals surface area contributed by atoms with E-state index in [9.17, 15) is 0 Å². The van der Waals surface area contributed by atoms with Crippen LogP contribution in [0.3, 0.4) is 0 Å². The summed E-state index contributed by atoms with van der Waals surface area (Å²) in [5, 5.41) is 23.8. The monoisotopic (exact) mass is 672 g/mol. The summed E-state index contributed by atoms with van der Waals surface area (Å²) in [5.41, 5.74) is 3.79. The van der Waals surface area contributed by atoms with Crippen molar-refractivity contribution in [1.29, 1.82) is 0 Å². The van der Waals surface area contributed by atoms with Crippen LogP contribution >= 0.6 is 51.4 Å². The molecule has 0 bridgehead atoms. The van der Waals surface area contributed by atoms with Crippen molar-refractivity contribution in [2.75, 3.05) is 10.6 Å². The van der Waals surface area contributed by atoms with Crippen LogP contribution in [0.25, 0.3) is 42.2 Å². The predicted molar refractivity (Wildman–Crippen MR) is 174 cm³/mol. The summed E-state index contributed by atoms with van der Waals surface area (Å²) in [6, 6.07) is 9.62. The first-order chi connectivity index (χ1) is 20.6.